The van der Waals surface area contributed by atoms with Crippen molar-refractivity contribution in [1.29, 1.82) is 5.26 Å². The number of amides is 1. The molecule has 0 saturated heterocycles. The van der Waals surface area contributed by atoms with Gasteiger partial charge in [0.05, 0.1) is 30.1 Å². The topological polar surface area (TPSA) is 119 Å². The lowest BCUT2D eigenvalue weighted by Crippen LogP contribution is -2.39. The van der Waals surface area contributed by atoms with E-state index in [1.165, 1.54) is 12.4 Å². The summed E-state index contributed by atoms with van der Waals surface area (Å²) in [5, 5.41) is 21.0. The number of hydrogen-bond donors (Lipinski definition) is 2. The number of carbonyl (C=O) groups excluding carboxylic acids is 1. The van der Waals surface area contributed by atoms with Gasteiger partial charge in [0.25, 0.3) is 0 Å². The van der Waals surface area contributed by atoms with Gasteiger partial charge in [-0.05, 0) is 48.4 Å². The summed E-state index contributed by atoms with van der Waals surface area (Å²) in [6, 6.07) is 6.88. The van der Waals surface area contributed by atoms with E-state index in [4.69, 9.17) is 5.26 Å². The van der Waals surface area contributed by atoms with Gasteiger partial charge in [-0.2, -0.15) is 18.4 Å². The number of aromatic nitrogens is 2. The summed E-state index contributed by atoms with van der Waals surface area (Å²) >= 11 is 0. The molecule has 2 aliphatic carbocycles. The van der Waals surface area contributed by atoms with Gasteiger partial charge in [-0.15, -0.1) is 0 Å². The standard InChI is InChI=1S/C26H28F3N5O3/c27-26(28,29)8-9-34(18-4-2-1-3-5-18)22-7-6-17(19-12-20(19)25(36)37)11-21(22)33-24(35)10-16-14-31-23(13-30)32-15-16/h6-7,11,14-15,18-20H,1-5,8-10,12H2,(H,33,35)(H,36,37)/t19?,20-/m1/s1. The van der Waals surface area contributed by atoms with Crippen LogP contribution in [0.5, 0.6) is 0 Å². The maximum Gasteiger partial charge on any atom is 0.390 e. The molecule has 0 spiro atoms. The Hall–Kier alpha value is -3.68. The first-order valence-corrected chi connectivity index (χ1v) is 12.4. The number of carbonyl (C=O) groups is 2. The second-order valence-corrected chi connectivity index (χ2v) is 9.67. The normalized spacial score (nSPS) is 19.6. The third kappa shape index (κ3) is 6.96. The molecule has 2 fully saturated rings. The molecule has 2 atom stereocenters. The lowest BCUT2D eigenvalue weighted by molar-refractivity contribution is -0.138. The van der Waals surface area contributed by atoms with E-state index in [0.717, 1.165) is 37.7 Å². The van der Waals surface area contributed by atoms with Gasteiger partial charge in [0.1, 0.15) is 6.07 Å². The average molecular weight is 516 g/mol. The van der Waals surface area contributed by atoms with Crippen molar-refractivity contribution in [2.75, 3.05) is 16.8 Å². The molecule has 1 aromatic carbocycles. The molecule has 37 heavy (non-hydrogen) atoms. The summed E-state index contributed by atoms with van der Waals surface area (Å²) in [4.78, 5) is 33.8. The second kappa shape index (κ2) is 11.2. The highest BCUT2D eigenvalue weighted by Gasteiger charge is 2.44. The third-order valence-corrected chi connectivity index (χ3v) is 6.96. The van der Waals surface area contributed by atoms with Crippen LogP contribution in [-0.4, -0.2) is 45.7 Å². The lowest BCUT2D eigenvalue weighted by Gasteiger charge is -2.37. The molecule has 4 rings (SSSR count). The number of nitrogens with one attached hydrogen (secondary N) is 1. The van der Waals surface area contributed by atoms with Crippen LogP contribution >= 0.6 is 0 Å². The van der Waals surface area contributed by atoms with E-state index >= 15 is 0 Å². The van der Waals surface area contributed by atoms with E-state index in [1.54, 1.807) is 29.2 Å². The van der Waals surface area contributed by atoms with Crippen LogP contribution in [0.1, 0.15) is 67.8 Å². The second-order valence-electron chi connectivity index (χ2n) is 9.67. The van der Waals surface area contributed by atoms with Gasteiger partial charge < -0.3 is 15.3 Å². The summed E-state index contributed by atoms with van der Waals surface area (Å²) < 4.78 is 39.7. The Labute approximate surface area is 212 Å². The van der Waals surface area contributed by atoms with Crippen molar-refractivity contribution in [2.24, 2.45) is 5.92 Å². The maximum absolute atomic E-state index is 13.2. The van der Waals surface area contributed by atoms with Gasteiger partial charge in [0.15, 0.2) is 0 Å². The predicted octanol–water partition coefficient (Wildman–Crippen LogP) is 4.81. The molecule has 0 bridgehead atoms. The Kier molecular flexibility index (Phi) is 7.95. The van der Waals surface area contributed by atoms with Crippen LogP contribution in [-0.2, 0) is 16.0 Å². The maximum atomic E-state index is 13.2. The van der Waals surface area contributed by atoms with Gasteiger partial charge >= 0.3 is 12.1 Å². The van der Waals surface area contributed by atoms with Gasteiger partial charge in [-0.1, -0.05) is 25.3 Å². The number of benzene rings is 1. The summed E-state index contributed by atoms with van der Waals surface area (Å²) in [5.41, 5.74) is 2.06. The van der Waals surface area contributed by atoms with Crippen LogP contribution in [0.25, 0.3) is 0 Å². The number of nitrogens with zero attached hydrogens (tertiary/aromatic N) is 4. The van der Waals surface area contributed by atoms with Crippen LogP contribution in [0.2, 0.25) is 0 Å². The third-order valence-electron chi connectivity index (χ3n) is 6.96. The van der Waals surface area contributed by atoms with Gasteiger partial charge in [0.2, 0.25) is 11.7 Å². The Morgan fingerprint density at radius 3 is 2.46 bits per heavy atom. The number of carboxylic acids is 1. The van der Waals surface area contributed by atoms with E-state index in [-0.39, 0.29) is 30.7 Å². The quantitative estimate of drug-likeness (QED) is 0.492. The van der Waals surface area contributed by atoms with E-state index < -0.39 is 30.4 Å². The number of aliphatic carboxylic acids is 1. The van der Waals surface area contributed by atoms with Crippen LogP contribution in [0.15, 0.2) is 30.6 Å². The zero-order valence-electron chi connectivity index (χ0n) is 20.2. The fraction of sp³-hybridized carbons (Fsp3) is 0.500. The molecule has 1 heterocycles. The van der Waals surface area contributed by atoms with Gasteiger partial charge in [-0.3, -0.25) is 9.59 Å². The molecule has 0 aliphatic heterocycles. The van der Waals surface area contributed by atoms with Gasteiger partial charge in [-0.25, -0.2) is 9.97 Å². The molecule has 196 valence electrons. The van der Waals surface area contributed by atoms with E-state index in [0.29, 0.717) is 23.4 Å². The first kappa shape index (κ1) is 26.4. The molecule has 0 radical (unpaired) electrons. The summed E-state index contributed by atoms with van der Waals surface area (Å²) in [5.74, 6) is -2.05. The van der Waals surface area contributed by atoms with Crippen molar-refractivity contribution >= 4 is 23.3 Å². The van der Waals surface area contributed by atoms with Crippen LogP contribution in [0.4, 0.5) is 24.5 Å². The van der Waals surface area contributed by atoms with E-state index in [9.17, 15) is 27.9 Å². The molecule has 2 N–H and O–H groups in total. The Morgan fingerprint density at radius 1 is 1.16 bits per heavy atom. The Balaban J connectivity index is 1.63. The molecular formula is C26H28F3N5O3. The van der Waals surface area contributed by atoms with Crippen LogP contribution < -0.4 is 10.2 Å². The smallest absolute Gasteiger partial charge is 0.390 e. The number of nitriles is 1. The molecule has 11 heteroatoms. The minimum atomic E-state index is -4.32. The Morgan fingerprint density at radius 2 is 1.86 bits per heavy atom. The monoisotopic (exact) mass is 515 g/mol. The SMILES string of the molecule is N#Cc1ncc(CC(=O)Nc2cc(C3C[C@H]3C(=O)O)ccc2N(CCC(F)(F)F)C2CCCCC2)cn1. The number of hydrogen-bond acceptors (Lipinski definition) is 6. The Bertz CT molecular complexity index is 1170. The predicted molar refractivity (Wildman–Crippen MR) is 129 cm³/mol. The van der Waals surface area contributed by atoms with E-state index in [1.807, 2.05) is 0 Å². The van der Waals surface area contributed by atoms with Crippen molar-refractivity contribution in [2.45, 2.75) is 69.5 Å². The molecule has 2 saturated carbocycles. The van der Waals surface area contributed by atoms with Crippen molar-refractivity contribution in [3.63, 3.8) is 0 Å². The number of carboxylic acid groups (broad SMARTS) is 1. The van der Waals surface area contributed by atoms with Crippen LogP contribution in [0, 0.1) is 17.2 Å². The zero-order valence-corrected chi connectivity index (χ0v) is 20.2. The molecule has 1 aromatic heterocycles. The average Bonchev–Trinajstić information content (AvgIpc) is 3.67. The summed E-state index contributed by atoms with van der Waals surface area (Å²) in [6.45, 7) is -0.235. The zero-order chi connectivity index (χ0) is 26.6. The van der Waals surface area contributed by atoms with Crippen molar-refractivity contribution in [3.8, 4) is 6.07 Å². The van der Waals surface area contributed by atoms with Crippen molar-refractivity contribution in [3.05, 3.63) is 47.5 Å². The summed E-state index contributed by atoms with van der Waals surface area (Å²) in [6.07, 6.45) is 2.24. The molecular weight excluding hydrogens is 487 g/mol. The number of rotatable bonds is 9. The van der Waals surface area contributed by atoms with Crippen molar-refractivity contribution < 1.29 is 27.9 Å². The highest BCUT2D eigenvalue weighted by atomic mass is 19.4. The molecule has 2 aromatic rings. The first-order valence-electron chi connectivity index (χ1n) is 12.4. The minimum Gasteiger partial charge on any atom is -0.481 e. The van der Waals surface area contributed by atoms with Gasteiger partial charge in [0, 0.05) is 25.0 Å². The largest absolute Gasteiger partial charge is 0.481 e. The summed E-state index contributed by atoms with van der Waals surface area (Å²) in [7, 11) is 0. The highest BCUT2D eigenvalue weighted by molar-refractivity contribution is 5.96. The van der Waals surface area contributed by atoms with E-state index in [2.05, 4.69) is 15.3 Å². The fourth-order valence-electron chi connectivity index (χ4n) is 4.99. The molecule has 8 nitrogen and oxygen atoms in total. The van der Waals surface area contributed by atoms with Crippen LogP contribution in [0.3, 0.4) is 0 Å². The first-order chi connectivity index (χ1) is 17.6. The molecule has 2 aliphatic rings. The van der Waals surface area contributed by atoms with Crippen molar-refractivity contribution in [1.82, 2.24) is 9.97 Å². The highest BCUT2D eigenvalue weighted by Crippen LogP contribution is 2.49. The fourth-order valence-corrected chi connectivity index (χ4v) is 4.99. The molecule has 1 amide bonds. The number of halogens is 3. The molecule has 1 unspecified atom stereocenters. The number of anilines is 2. The number of alkyl halides is 3. The minimum absolute atomic E-state index is 0.0237. The lowest BCUT2D eigenvalue weighted by atomic mass is 9.93.